The van der Waals surface area contributed by atoms with Gasteiger partial charge in [0.15, 0.2) is 0 Å². The van der Waals surface area contributed by atoms with Crippen LogP contribution in [0.15, 0.2) is 41.1 Å². The zero-order chi connectivity index (χ0) is 11.1. The van der Waals surface area contributed by atoms with Crippen LogP contribution in [-0.4, -0.2) is 12.8 Å². The van der Waals surface area contributed by atoms with E-state index in [0.717, 1.165) is 12.1 Å². The minimum Gasteiger partial charge on any atom is -0.399 e. The first-order valence-corrected chi connectivity index (χ1v) is 5.11. The maximum absolute atomic E-state index is 4.77. The predicted molar refractivity (Wildman–Crippen MR) is 64.8 cm³/mol. The Balaban J connectivity index is 2.93. The highest BCUT2D eigenvalue weighted by molar-refractivity contribution is 6.01. The normalized spacial score (nSPS) is 12.7. The van der Waals surface area contributed by atoms with Gasteiger partial charge in [0, 0.05) is 0 Å². The van der Waals surface area contributed by atoms with Crippen molar-refractivity contribution in [2.75, 3.05) is 7.11 Å². The third-order valence-electron chi connectivity index (χ3n) is 2.21. The molecule has 0 saturated heterocycles. The summed E-state index contributed by atoms with van der Waals surface area (Å²) in [5, 5.41) is 3.94. The molecule has 2 heteroatoms. The molecule has 0 radical (unpaired) electrons. The summed E-state index contributed by atoms with van der Waals surface area (Å²) in [5.41, 5.74) is 3.33. The van der Waals surface area contributed by atoms with Crippen molar-refractivity contribution < 1.29 is 4.84 Å². The quantitative estimate of drug-likeness (QED) is 0.542. The molecule has 0 aromatic heterocycles. The predicted octanol–water partition coefficient (Wildman–Crippen LogP) is 3.50. The standard InChI is InChI=1S/C13H17NO/c1-4-13(11(2)14-15-3)10-12-8-6-5-7-9-12/h5-10H,4H2,1-3H3/b13-10+,14-11+. The van der Waals surface area contributed by atoms with E-state index in [4.69, 9.17) is 4.84 Å². The molecule has 0 aliphatic heterocycles. The van der Waals surface area contributed by atoms with Crippen LogP contribution in [0.3, 0.4) is 0 Å². The number of hydrogen-bond donors (Lipinski definition) is 0. The molecule has 0 amide bonds. The largest absolute Gasteiger partial charge is 0.399 e. The zero-order valence-corrected chi connectivity index (χ0v) is 9.53. The van der Waals surface area contributed by atoms with Crippen LogP contribution in [0.5, 0.6) is 0 Å². The van der Waals surface area contributed by atoms with Crippen LogP contribution in [0.1, 0.15) is 25.8 Å². The molecular weight excluding hydrogens is 186 g/mol. The third-order valence-corrected chi connectivity index (χ3v) is 2.21. The molecule has 0 atom stereocenters. The summed E-state index contributed by atoms with van der Waals surface area (Å²) in [4.78, 5) is 4.77. The average molecular weight is 203 g/mol. The van der Waals surface area contributed by atoms with Crippen LogP contribution in [0, 0.1) is 0 Å². The molecule has 2 nitrogen and oxygen atoms in total. The van der Waals surface area contributed by atoms with Gasteiger partial charge in [0.1, 0.15) is 7.11 Å². The van der Waals surface area contributed by atoms with Gasteiger partial charge >= 0.3 is 0 Å². The van der Waals surface area contributed by atoms with E-state index < -0.39 is 0 Å². The Hall–Kier alpha value is -1.57. The van der Waals surface area contributed by atoms with Crippen LogP contribution in [-0.2, 0) is 4.84 Å². The van der Waals surface area contributed by atoms with Gasteiger partial charge in [0.25, 0.3) is 0 Å². The van der Waals surface area contributed by atoms with Crippen molar-refractivity contribution in [1.82, 2.24) is 0 Å². The number of nitrogens with zero attached hydrogens (tertiary/aromatic N) is 1. The third kappa shape index (κ3) is 3.58. The van der Waals surface area contributed by atoms with E-state index in [1.165, 1.54) is 11.1 Å². The molecule has 1 rings (SSSR count). The lowest BCUT2D eigenvalue weighted by molar-refractivity contribution is 0.213. The zero-order valence-electron chi connectivity index (χ0n) is 9.53. The van der Waals surface area contributed by atoms with Gasteiger partial charge in [-0.25, -0.2) is 0 Å². The first-order chi connectivity index (χ1) is 7.27. The Bertz CT molecular complexity index is 352. The Morgan fingerprint density at radius 3 is 2.53 bits per heavy atom. The summed E-state index contributed by atoms with van der Waals surface area (Å²) in [6, 6.07) is 10.2. The van der Waals surface area contributed by atoms with Gasteiger partial charge in [-0.15, -0.1) is 0 Å². The molecule has 0 bridgehead atoms. The Kier molecular flexibility index (Phi) is 4.61. The van der Waals surface area contributed by atoms with Crippen molar-refractivity contribution in [3.63, 3.8) is 0 Å². The van der Waals surface area contributed by atoms with Crippen LogP contribution in [0.4, 0.5) is 0 Å². The summed E-state index contributed by atoms with van der Waals surface area (Å²) in [7, 11) is 1.57. The molecular formula is C13H17NO. The van der Waals surface area contributed by atoms with Gasteiger partial charge in [0.05, 0.1) is 5.71 Å². The second kappa shape index (κ2) is 6.02. The molecule has 0 heterocycles. The van der Waals surface area contributed by atoms with Crippen LogP contribution < -0.4 is 0 Å². The van der Waals surface area contributed by atoms with Crippen molar-refractivity contribution >= 4 is 11.8 Å². The second-order valence-corrected chi connectivity index (χ2v) is 3.29. The van der Waals surface area contributed by atoms with E-state index in [1.54, 1.807) is 7.11 Å². The van der Waals surface area contributed by atoms with Crippen molar-refractivity contribution in [2.45, 2.75) is 20.3 Å². The van der Waals surface area contributed by atoms with Crippen molar-refractivity contribution in [2.24, 2.45) is 5.16 Å². The van der Waals surface area contributed by atoms with E-state index in [9.17, 15) is 0 Å². The first kappa shape index (κ1) is 11.5. The molecule has 80 valence electrons. The lowest BCUT2D eigenvalue weighted by Crippen LogP contribution is -1.96. The first-order valence-electron chi connectivity index (χ1n) is 5.11. The van der Waals surface area contributed by atoms with Gasteiger partial charge in [-0.05, 0) is 30.6 Å². The molecule has 0 aliphatic rings. The van der Waals surface area contributed by atoms with Crippen molar-refractivity contribution in [1.29, 1.82) is 0 Å². The van der Waals surface area contributed by atoms with E-state index in [0.29, 0.717) is 0 Å². The fourth-order valence-electron chi connectivity index (χ4n) is 1.41. The maximum Gasteiger partial charge on any atom is 0.106 e. The second-order valence-electron chi connectivity index (χ2n) is 3.29. The van der Waals surface area contributed by atoms with Gasteiger partial charge in [-0.1, -0.05) is 42.4 Å². The average Bonchev–Trinajstić information content (AvgIpc) is 2.27. The minimum atomic E-state index is 0.934. The molecule has 0 aliphatic carbocycles. The number of hydrogen-bond acceptors (Lipinski definition) is 2. The molecule has 0 spiro atoms. The highest BCUT2D eigenvalue weighted by Crippen LogP contribution is 2.11. The van der Waals surface area contributed by atoms with Gasteiger partial charge in [-0.3, -0.25) is 0 Å². The summed E-state index contributed by atoms with van der Waals surface area (Å²) in [6.07, 6.45) is 3.09. The number of benzene rings is 1. The number of allylic oxidation sites excluding steroid dienone is 1. The Morgan fingerprint density at radius 2 is 2.00 bits per heavy atom. The Morgan fingerprint density at radius 1 is 1.33 bits per heavy atom. The van der Waals surface area contributed by atoms with E-state index >= 15 is 0 Å². The SMILES string of the molecule is CCC(=C\c1ccccc1)/C(C)=N/OC. The number of oxime groups is 1. The number of rotatable bonds is 4. The topological polar surface area (TPSA) is 21.6 Å². The molecule has 0 fully saturated rings. The van der Waals surface area contributed by atoms with Crippen molar-refractivity contribution in [3.05, 3.63) is 41.5 Å². The lowest BCUT2D eigenvalue weighted by atomic mass is 10.1. The van der Waals surface area contributed by atoms with Gasteiger partial charge < -0.3 is 4.84 Å². The monoisotopic (exact) mass is 203 g/mol. The molecule has 15 heavy (non-hydrogen) atoms. The van der Waals surface area contributed by atoms with Gasteiger partial charge in [-0.2, -0.15) is 0 Å². The van der Waals surface area contributed by atoms with Gasteiger partial charge in [0.2, 0.25) is 0 Å². The summed E-state index contributed by atoms with van der Waals surface area (Å²) < 4.78 is 0. The molecule has 0 saturated carbocycles. The molecule has 0 N–H and O–H groups in total. The lowest BCUT2D eigenvalue weighted by Gasteiger charge is -2.03. The van der Waals surface area contributed by atoms with E-state index in [2.05, 4.69) is 30.3 Å². The van der Waals surface area contributed by atoms with Crippen LogP contribution in [0.25, 0.3) is 6.08 Å². The van der Waals surface area contributed by atoms with Crippen molar-refractivity contribution in [3.8, 4) is 0 Å². The maximum atomic E-state index is 4.77. The van der Waals surface area contributed by atoms with Crippen LogP contribution in [0.2, 0.25) is 0 Å². The molecule has 0 unspecified atom stereocenters. The minimum absolute atomic E-state index is 0.934. The van der Waals surface area contributed by atoms with Crippen LogP contribution >= 0.6 is 0 Å². The molecule has 1 aromatic rings. The highest BCUT2D eigenvalue weighted by Gasteiger charge is 1.99. The summed E-state index contributed by atoms with van der Waals surface area (Å²) >= 11 is 0. The Labute approximate surface area is 91.3 Å². The van der Waals surface area contributed by atoms with E-state index in [1.807, 2.05) is 25.1 Å². The van der Waals surface area contributed by atoms with E-state index in [-0.39, 0.29) is 0 Å². The summed E-state index contributed by atoms with van der Waals surface area (Å²) in [5.74, 6) is 0. The summed E-state index contributed by atoms with van der Waals surface area (Å²) in [6.45, 7) is 4.07. The fraction of sp³-hybridized carbons (Fsp3) is 0.308. The fourth-order valence-corrected chi connectivity index (χ4v) is 1.41. The molecule has 1 aromatic carbocycles. The highest BCUT2D eigenvalue weighted by atomic mass is 16.6. The smallest absolute Gasteiger partial charge is 0.106 e.